The average Bonchev–Trinajstić information content (AvgIpc) is 2.90. The van der Waals surface area contributed by atoms with E-state index in [0.717, 1.165) is 10.2 Å². The Morgan fingerprint density at radius 1 is 1.22 bits per heavy atom. The fourth-order valence-corrected chi connectivity index (χ4v) is 3.74. The molecule has 0 saturated heterocycles. The number of fused-ring (bicyclic) bond motifs is 1. The van der Waals surface area contributed by atoms with Crippen LogP contribution in [0.4, 0.5) is 0 Å². The van der Waals surface area contributed by atoms with E-state index in [2.05, 4.69) is 11.6 Å². The minimum Gasteiger partial charge on any atom is -0.311 e. The number of carbonyl (C=O) groups is 1. The monoisotopic (exact) mass is 362 g/mol. The SMILES string of the molecule is C=CCn1c(=NC(=O)c2ccccc2)sc2ccc(Cl)c(Cl)c21. The molecule has 1 amide bonds. The molecule has 0 saturated carbocycles. The normalized spacial score (nSPS) is 11.8. The molecule has 0 radical (unpaired) electrons. The van der Waals surface area contributed by atoms with E-state index in [-0.39, 0.29) is 5.91 Å². The number of thiazole rings is 1. The molecular weight excluding hydrogens is 351 g/mol. The lowest BCUT2D eigenvalue weighted by atomic mass is 10.2. The second-order valence-corrected chi connectivity index (χ2v) is 6.57. The number of benzene rings is 2. The van der Waals surface area contributed by atoms with E-state index in [0.29, 0.717) is 27.0 Å². The van der Waals surface area contributed by atoms with Gasteiger partial charge in [-0.2, -0.15) is 4.99 Å². The molecule has 0 atom stereocenters. The van der Waals surface area contributed by atoms with Crippen LogP contribution in [-0.2, 0) is 6.54 Å². The van der Waals surface area contributed by atoms with Crippen molar-refractivity contribution < 1.29 is 4.79 Å². The van der Waals surface area contributed by atoms with Crippen molar-refractivity contribution in [1.82, 2.24) is 4.57 Å². The molecule has 0 unspecified atom stereocenters. The van der Waals surface area contributed by atoms with Gasteiger partial charge in [0.05, 0.1) is 20.3 Å². The summed E-state index contributed by atoms with van der Waals surface area (Å²) in [5.41, 5.74) is 1.31. The number of halogens is 2. The van der Waals surface area contributed by atoms with Gasteiger partial charge in [-0.3, -0.25) is 4.79 Å². The molecule has 0 aliphatic heterocycles. The quantitative estimate of drug-likeness (QED) is 0.607. The number of rotatable bonds is 3. The Bertz CT molecular complexity index is 958. The van der Waals surface area contributed by atoms with E-state index >= 15 is 0 Å². The lowest BCUT2D eigenvalue weighted by Crippen LogP contribution is -2.16. The number of hydrogen-bond donors (Lipinski definition) is 0. The molecular formula is C17H12Cl2N2OS. The molecule has 3 nitrogen and oxygen atoms in total. The highest BCUT2D eigenvalue weighted by Gasteiger charge is 2.13. The van der Waals surface area contributed by atoms with Crippen molar-refractivity contribution in [2.24, 2.45) is 4.99 Å². The van der Waals surface area contributed by atoms with Crippen LogP contribution >= 0.6 is 34.5 Å². The molecule has 0 aliphatic carbocycles. The van der Waals surface area contributed by atoms with E-state index in [1.165, 1.54) is 11.3 Å². The smallest absolute Gasteiger partial charge is 0.279 e. The lowest BCUT2D eigenvalue weighted by Gasteiger charge is -2.04. The fraction of sp³-hybridized carbons (Fsp3) is 0.0588. The van der Waals surface area contributed by atoms with Gasteiger partial charge in [-0.25, -0.2) is 0 Å². The maximum Gasteiger partial charge on any atom is 0.279 e. The van der Waals surface area contributed by atoms with Crippen LogP contribution in [0.2, 0.25) is 10.0 Å². The van der Waals surface area contributed by atoms with Gasteiger partial charge in [0.2, 0.25) is 0 Å². The Hall–Kier alpha value is -1.88. The molecule has 0 spiro atoms. The first-order valence-electron chi connectivity index (χ1n) is 6.84. The molecule has 0 bridgehead atoms. The van der Waals surface area contributed by atoms with Gasteiger partial charge in [-0.05, 0) is 24.3 Å². The van der Waals surface area contributed by atoms with Crippen molar-refractivity contribution in [2.45, 2.75) is 6.54 Å². The first-order chi connectivity index (χ1) is 11.1. The van der Waals surface area contributed by atoms with Crippen molar-refractivity contribution in [3.05, 3.63) is 75.5 Å². The maximum absolute atomic E-state index is 12.3. The Labute approximate surface area is 147 Å². The molecule has 23 heavy (non-hydrogen) atoms. The third-order valence-corrected chi connectivity index (χ3v) is 5.10. The van der Waals surface area contributed by atoms with Gasteiger partial charge >= 0.3 is 0 Å². The summed E-state index contributed by atoms with van der Waals surface area (Å²) in [5.74, 6) is -0.294. The number of amides is 1. The summed E-state index contributed by atoms with van der Waals surface area (Å²) in [5, 5.41) is 0.923. The Morgan fingerprint density at radius 3 is 2.65 bits per heavy atom. The predicted octanol–water partition coefficient (Wildman–Crippen LogP) is 4.94. The topological polar surface area (TPSA) is 34.4 Å². The number of hydrogen-bond acceptors (Lipinski definition) is 2. The maximum atomic E-state index is 12.3. The first-order valence-corrected chi connectivity index (χ1v) is 8.41. The van der Waals surface area contributed by atoms with E-state index in [9.17, 15) is 4.79 Å². The molecule has 3 rings (SSSR count). The van der Waals surface area contributed by atoms with E-state index in [1.807, 2.05) is 28.8 Å². The van der Waals surface area contributed by atoms with Gasteiger partial charge in [0.25, 0.3) is 5.91 Å². The van der Waals surface area contributed by atoms with Crippen LogP contribution in [0.25, 0.3) is 10.2 Å². The molecule has 2 aromatic carbocycles. The van der Waals surface area contributed by atoms with Gasteiger partial charge in [-0.1, -0.05) is 58.8 Å². The summed E-state index contributed by atoms with van der Waals surface area (Å²) < 4.78 is 2.77. The van der Waals surface area contributed by atoms with Crippen LogP contribution in [0.15, 0.2) is 60.1 Å². The lowest BCUT2D eigenvalue weighted by molar-refractivity contribution is 0.0998. The molecule has 1 aromatic heterocycles. The number of allylic oxidation sites excluding steroid dienone is 1. The summed E-state index contributed by atoms with van der Waals surface area (Å²) in [7, 11) is 0. The predicted molar refractivity (Wildman–Crippen MR) is 96.4 cm³/mol. The summed E-state index contributed by atoms with van der Waals surface area (Å²) in [6.07, 6.45) is 1.73. The Balaban J connectivity index is 2.23. The van der Waals surface area contributed by atoms with Gasteiger partial charge in [-0.15, -0.1) is 6.58 Å². The highest BCUT2D eigenvalue weighted by molar-refractivity contribution is 7.16. The third-order valence-electron chi connectivity index (χ3n) is 3.26. The van der Waals surface area contributed by atoms with Gasteiger partial charge in [0.15, 0.2) is 4.80 Å². The molecule has 6 heteroatoms. The van der Waals surface area contributed by atoms with Crippen LogP contribution in [0, 0.1) is 0 Å². The Morgan fingerprint density at radius 2 is 1.96 bits per heavy atom. The van der Waals surface area contributed by atoms with E-state index in [1.54, 1.807) is 24.3 Å². The summed E-state index contributed by atoms with van der Waals surface area (Å²) in [6, 6.07) is 12.6. The molecule has 0 fully saturated rings. The van der Waals surface area contributed by atoms with Gasteiger partial charge in [0.1, 0.15) is 0 Å². The fourth-order valence-electron chi connectivity index (χ4n) is 2.22. The van der Waals surface area contributed by atoms with Gasteiger partial charge < -0.3 is 4.57 Å². The zero-order valence-corrected chi connectivity index (χ0v) is 14.3. The summed E-state index contributed by atoms with van der Waals surface area (Å²) in [6.45, 7) is 4.24. The van der Waals surface area contributed by atoms with Crippen molar-refractivity contribution in [3.63, 3.8) is 0 Å². The molecule has 0 N–H and O–H groups in total. The second-order valence-electron chi connectivity index (χ2n) is 4.78. The number of nitrogens with zero attached hydrogens (tertiary/aromatic N) is 2. The highest BCUT2D eigenvalue weighted by atomic mass is 35.5. The molecule has 0 aliphatic rings. The van der Waals surface area contributed by atoms with Crippen LogP contribution in [0.1, 0.15) is 10.4 Å². The van der Waals surface area contributed by atoms with Crippen LogP contribution in [0.5, 0.6) is 0 Å². The molecule has 3 aromatic rings. The zero-order chi connectivity index (χ0) is 16.4. The number of aromatic nitrogens is 1. The van der Waals surface area contributed by atoms with Gasteiger partial charge in [0, 0.05) is 12.1 Å². The first kappa shape index (κ1) is 16.0. The highest BCUT2D eigenvalue weighted by Crippen LogP contribution is 2.32. The van der Waals surface area contributed by atoms with Crippen molar-refractivity contribution in [1.29, 1.82) is 0 Å². The van der Waals surface area contributed by atoms with Crippen molar-refractivity contribution >= 4 is 50.7 Å². The second kappa shape index (κ2) is 6.71. The Kier molecular flexibility index (Phi) is 4.66. The van der Waals surface area contributed by atoms with Crippen LogP contribution in [0.3, 0.4) is 0 Å². The van der Waals surface area contributed by atoms with E-state index < -0.39 is 0 Å². The van der Waals surface area contributed by atoms with Crippen molar-refractivity contribution in [3.8, 4) is 0 Å². The number of carbonyl (C=O) groups excluding carboxylic acids is 1. The largest absolute Gasteiger partial charge is 0.311 e. The van der Waals surface area contributed by atoms with E-state index in [4.69, 9.17) is 23.2 Å². The minimum atomic E-state index is -0.294. The standard InChI is InChI=1S/C17H12Cl2N2OS/c1-2-10-21-15-13(9-8-12(18)14(15)19)23-17(21)20-16(22)11-6-4-3-5-7-11/h2-9H,1,10H2. The summed E-state index contributed by atoms with van der Waals surface area (Å²) in [4.78, 5) is 17.2. The van der Waals surface area contributed by atoms with Crippen LogP contribution in [-0.4, -0.2) is 10.5 Å². The summed E-state index contributed by atoms with van der Waals surface area (Å²) >= 11 is 13.8. The third kappa shape index (κ3) is 3.11. The zero-order valence-electron chi connectivity index (χ0n) is 12.0. The molecule has 116 valence electrons. The van der Waals surface area contributed by atoms with Crippen molar-refractivity contribution in [2.75, 3.05) is 0 Å². The average molecular weight is 363 g/mol. The minimum absolute atomic E-state index is 0.294. The molecule has 1 heterocycles. The van der Waals surface area contributed by atoms with Crippen LogP contribution < -0.4 is 4.80 Å².